The molecule has 88 valence electrons. The predicted molar refractivity (Wildman–Crippen MR) is 65.7 cm³/mol. The van der Waals surface area contributed by atoms with Crippen molar-refractivity contribution in [2.45, 2.75) is 6.10 Å². The molecule has 0 spiro atoms. The van der Waals surface area contributed by atoms with Gasteiger partial charge in [0, 0.05) is 0 Å². The molecular formula is C14H14O3. The van der Waals surface area contributed by atoms with Crippen LogP contribution in [0.2, 0.25) is 0 Å². The van der Waals surface area contributed by atoms with Crippen molar-refractivity contribution in [2.24, 2.45) is 0 Å². The summed E-state index contributed by atoms with van der Waals surface area (Å²) in [5.74, 6) is 1.52. The second-order valence-corrected chi connectivity index (χ2v) is 4.14. The summed E-state index contributed by atoms with van der Waals surface area (Å²) in [7, 11) is 3.30. The van der Waals surface area contributed by atoms with E-state index < -0.39 is 0 Å². The van der Waals surface area contributed by atoms with E-state index in [0.717, 1.165) is 28.9 Å². The molecule has 1 aliphatic heterocycles. The lowest BCUT2D eigenvalue weighted by molar-refractivity contribution is 0.356. The second kappa shape index (κ2) is 3.93. The van der Waals surface area contributed by atoms with Gasteiger partial charge in [-0.2, -0.15) is 0 Å². The molecule has 0 bridgehead atoms. The van der Waals surface area contributed by atoms with E-state index in [-0.39, 0.29) is 6.10 Å². The summed E-state index contributed by atoms with van der Waals surface area (Å²) in [5.41, 5.74) is 1.23. The molecule has 2 aromatic carbocycles. The first-order chi connectivity index (χ1) is 8.31. The SMILES string of the molecule is COc1cc2ccc(C3CO3)cc2cc1OC. The van der Waals surface area contributed by atoms with Gasteiger partial charge in [0.05, 0.1) is 20.8 Å². The van der Waals surface area contributed by atoms with Crippen LogP contribution in [-0.4, -0.2) is 20.8 Å². The third kappa shape index (κ3) is 1.83. The van der Waals surface area contributed by atoms with E-state index in [1.54, 1.807) is 14.2 Å². The number of fused-ring (bicyclic) bond motifs is 1. The van der Waals surface area contributed by atoms with Crippen LogP contribution in [0.25, 0.3) is 10.8 Å². The van der Waals surface area contributed by atoms with Crippen molar-refractivity contribution in [3.05, 3.63) is 35.9 Å². The molecule has 2 aromatic rings. The second-order valence-electron chi connectivity index (χ2n) is 4.14. The fourth-order valence-electron chi connectivity index (χ4n) is 2.03. The molecule has 0 aliphatic carbocycles. The number of hydrogen-bond donors (Lipinski definition) is 0. The van der Waals surface area contributed by atoms with Gasteiger partial charge in [-0.3, -0.25) is 0 Å². The van der Waals surface area contributed by atoms with Gasteiger partial charge < -0.3 is 14.2 Å². The Hall–Kier alpha value is -1.74. The minimum Gasteiger partial charge on any atom is -0.493 e. The standard InChI is InChI=1S/C14H14O3/c1-15-12-6-9-3-4-10(14-8-17-14)5-11(9)7-13(12)16-2/h3-7,14H,8H2,1-2H3. The average Bonchev–Trinajstić information content (AvgIpc) is 3.20. The number of ether oxygens (including phenoxy) is 3. The zero-order chi connectivity index (χ0) is 11.8. The third-order valence-corrected chi connectivity index (χ3v) is 3.07. The van der Waals surface area contributed by atoms with Crippen molar-refractivity contribution in [3.63, 3.8) is 0 Å². The molecule has 1 aliphatic rings. The average molecular weight is 230 g/mol. The van der Waals surface area contributed by atoms with Gasteiger partial charge in [-0.15, -0.1) is 0 Å². The highest BCUT2D eigenvalue weighted by Crippen LogP contribution is 2.36. The number of rotatable bonds is 3. The minimum absolute atomic E-state index is 0.285. The van der Waals surface area contributed by atoms with E-state index in [9.17, 15) is 0 Å². The van der Waals surface area contributed by atoms with Crippen molar-refractivity contribution in [1.82, 2.24) is 0 Å². The van der Waals surface area contributed by atoms with Crippen LogP contribution in [0.15, 0.2) is 30.3 Å². The molecule has 3 rings (SSSR count). The van der Waals surface area contributed by atoms with Crippen molar-refractivity contribution < 1.29 is 14.2 Å². The van der Waals surface area contributed by atoms with Gasteiger partial charge in [0.2, 0.25) is 0 Å². The van der Waals surface area contributed by atoms with Gasteiger partial charge in [0.15, 0.2) is 11.5 Å². The molecule has 0 amide bonds. The Morgan fingerprint density at radius 3 is 2.24 bits per heavy atom. The van der Waals surface area contributed by atoms with Crippen LogP contribution in [0.1, 0.15) is 11.7 Å². The summed E-state index contributed by atoms with van der Waals surface area (Å²) >= 11 is 0. The first-order valence-electron chi connectivity index (χ1n) is 5.59. The maximum absolute atomic E-state index is 5.30. The van der Waals surface area contributed by atoms with Crippen LogP contribution >= 0.6 is 0 Å². The largest absolute Gasteiger partial charge is 0.493 e. The van der Waals surface area contributed by atoms with Crippen LogP contribution in [0.5, 0.6) is 11.5 Å². The summed E-state index contributed by atoms with van der Waals surface area (Å²) in [5, 5.41) is 2.29. The Kier molecular flexibility index (Phi) is 2.41. The first-order valence-corrected chi connectivity index (χ1v) is 5.59. The van der Waals surface area contributed by atoms with Crippen LogP contribution in [-0.2, 0) is 4.74 Å². The van der Waals surface area contributed by atoms with Crippen molar-refractivity contribution in [3.8, 4) is 11.5 Å². The summed E-state index contributed by atoms with van der Waals surface area (Å²) in [6.45, 7) is 0.832. The van der Waals surface area contributed by atoms with Crippen LogP contribution < -0.4 is 9.47 Å². The van der Waals surface area contributed by atoms with E-state index in [2.05, 4.69) is 18.2 Å². The molecule has 1 unspecified atom stereocenters. The summed E-state index contributed by atoms with van der Waals surface area (Å²) in [6.07, 6.45) is 0.285. The van der Waals surface area contributed by atoms with Gasteiger partial charge in [0.25, 0.3) is 0 Å². The quantitative estimate of drug-likeness (QED) is 0.759. The maximum Gasteiger partial charge on any atom is 0.161 e. The molecule has 3 nitrogen and oxygen atoms in total. The summed E-state index contributed by atoms with van der Waals surface area (Å²) in [6, 6.07) is 10.3. The van der Waals surface area contributed by atoms with Gasteiger partial charge in [-0.1, -0.05) is 12.1 Å². The molecule has 0 radical (unpaired) electrons. The molecule has 0 N–H and O–H groups in total. The topological polar surface area (TPSA) is 31.0 Å². The molecule has 1 atom stereocenters. The molecule has 0 saturated carbocycles. The molecule has 0 aromatic heterocycles. The smallest absolute Gasteiger partial charge is 0.161 e. The highest BCUT2D eigenvalue weighted by atomic mass is 16.6. The lowest BCUT2D eigenvalue weighted by atomic mass is 10.0. The monoisotopic (exact) mass is 230 g/mol. The van der Waals surface area contributed by atoms with Crippen LogP contribution in [0.3, 0.4) is 0 Å². The Balaban J connectivity index is 2.15. The lowest BCUT2D eigenvalue weighted by Crippen LogP contribution is -1.91. The highest BCUT2D eigenvalue weighted by Gasteiger charge is 2.24. The normalized spacial score (nSPS) is 18.1. The van der Waals surface area contributed by atoms with Gasteiger partial charge in [0.1, 0.15) is 6.10 Å². The van der Waals surface area contributed by atoms with Crippen molar-refractivity contribution >= 4 is 10.8 Å². The van der Waals surface area contributed by atoms with Gasteiger partial charge in [-0.05, 0) is 34.5 Å². The zero-order valence-corrected chi connectivity index (χ0v) is 9.90. The van der Waals surface area contributed by atoms with Crippen molar-refractivity contribution in [1.29, 1.82) is 0 Å². The minimum atomic E-state index is 0.285. The molecule has 1 heterocycles. The first kappa shape index (κ1) is 10.4. The van der Waals surface area contributed by atoms with E-state index in [1.807, 2.05) is 12.1 Å². The Morgan fingerprint density at radius 1 is 1.00 bits per heavy atom. The fraction of sp³-hybridized carbons (Fsp3) is 0.286. The third-order valence-electron chi connectivity index (χ3n) is 3.07. The molecule has 1 fully saturated rings. The van der Waals surface area contributed by atoms with E-state index in [1.165, 1.54) is 5.56 Å². The molecule has 3 heteroatoms. The molecular weight excluding hydrogens is 216 g/mol. The van der Waals surface area contributed by atoms with Gasteiger partial charge >= 0.3 is 0 Å². The summed E-state index contributed by atoms with van der Waals surface area (Å²) in [4.78, 5) is 0. The maximum atomic E-state index is 5.30. The predicted octanol–water partition coefficient (Wildman–Crippen LogP) is 2.93. The van der Waals surface area contributed by atoms with Gasteiger partial charge in [-0.25, -0.2) is 0 Å². The molecule has 1 saturated heterocycles. The van der Waals surface area contributed by atoms with Crippen molar-refractivity contribution in [2.75, 3.05) is 20.8 Å². The number of hydrogen-bond acceptors (Lipinski definition) is 3. The summed E-state index contributed by atoms with van der Waals surface area (Å²) < 4.78 is 15.9. The van der Waals surface area contributed by atoms with E-state index in [0.29, 0.717) is 0 Å². The zero-order valence-electron chi connectivity index (χ0n) is 9.90. The number of methoxy groups -OCH3 is 2. The number of benzene rings is 2. The highest BCUT2D eigenvalue weighted by molar-refractivity contribution is 5.86. The Morgan fingerprint density at radius 2 is 1.65 bits per heavy atom. The van der Waals surface area contributed by atoms with E-state index >= 15 is 0 Å². The van der Waals surface area contributed by atoms with Crippen LogP contribution in [0.4, 0.5) is 0 Å². The van der Waals surface area contributed by atoms with Crippen LogP contribution in [0, 0.1) is 0 Å². The number of epoxide rings is 1. The van der Waals surface area contributed by atoms with E-state index in [4.69, 9.17) is 14.2 Å². The Bertz CT molecular complexity index is 559. The Labute approximate surface area is 99.9 Å². The molecule has 17 heavy (non-hydrogen) atoms. The fourth-order valence-corrected chi connectivity index (χ4v) is 2.03. The lowest BCUT2D eigenvalue weighted by Gasteiger charge is -2.09.